The van der Waals surface area contributed by atoms with Gasteiger partial charge < -0.3 is 0 Å². The average Bonchev–Trinajstić information content (AvgIpc) is 2.09. The lowest BCUT2D eigenvalue weighted by Gasteiger charge is -2.37. The third-order valence-electron chi connectivity index (χ3n) is 1.91. The molecule has 0 aliphatic heterocycles. The molecule has 0 radical (unpaired) electrons. The molecule has 0 aromatic carbocycles. The molecule has 0 fully saturated rings. The SMILES string of the molecule is FC(F)(F)C(F)(PC(F)(C(F)(F)F)C(F)(F)F)C(F)(F)F. The number of halogens is 14. The van der Waals surface area contributed by atoms with E-state index in [2.05, 4.69) is 0 Å². The third-order valence-corrected chi connectivity index (χ3v) is 3.73. The largest absolute Gasteiger partial charge is 0.435 e. The summed E-state index contributed by atoms with van der Waals surface area (Å²) in [5, 5.41) is -14.0. The van der Waals surface area contributed by atoms with E-state index in [-0.39, 0.29) is 0 Å². The summed E-state index contributed by atoms with van der Waals surface area (Å²) in [5.41, 5.74) is 0. The van der Waals surface area contributed by atoms with E-state index in [1.807, 2.05) is 0 Å². The van der Waals surface area contributed by atoms with Crippen LogP contribution in [-0.4, -0.2) is 35.5 Å². The number of alkyl halides is 14. The predicted molar refractivity (Wildman–Crippen MR) is 40.2 cm³/mol. The van der Waals surface area contributed by atoms with Gasteiger partial charge in [-0.3, -0.25) is 0 Å². The van der Waals surface area contributed by atoms with Crippen LogP contribution in [0.1, 0.15) is 0 Å². The van der Waals surface area contributed by atoms with Crippen LogP contribution in [-0.2, 0) is 0 Å². The Morgan fingerprint density at radius 3 is 0.571 bits per heavy atom. The summed E-state index contributed by atoms with van der Waals surface area (Å²) in [6.45, 7) is 0. The lowest BCUT2D eigenvalue weighted by Crippen LogP contribution is -2.58. The maximum atomic E-state index is 12.9. The van der Waals surface area contributed by atoms with E-state index in [1.54, 1.807) is 0 Å². The highest BCUT2D eigenvalue weighted by atomic mass is 31.1. The van der Waals surface area contributed by atoms with Gasteiger partial charge in [0.15, 0.2) is 0 Å². The van der Waals surface area contributed by atoms with Gasteiger partial charge in [0.2, 0.25) is 0 Å². The van der Waals surface area contributed by atoms with Crippen molar-refractivity contribution in [2.45, 2.75) is 35.5 Å². The van der Waals surface area contributed by atoms with Crippen molar-refractivity contribution in [3.8, 4) is 0 Å². The molecule has 0 N–H and O–H groups in total. The second-order valence-electron chi connectivity index (χ2n) is 3.43. The van der Waals surface area contributed by atoms with Crippen molar-refractivity contribution in [3.05, 3.63) is 0 Å². The van der Waals surface area contributed by atoms with E-state index >= 15 is 0 Å². The van der Waals surface area contributed by atoms with Crippen molar-refractivity contribution in [1.82, 2.24) is 0 Å². The Hall–Kier alpha value is -0.550. The molecule has 0 nitrogen and oxygen atoms in total. The van der Waals surface area contributed by atoms with Gasteiger partial charge in [-0.1, -0.05) is 0 Å². The topological polar surface area (TPSA) is 0 Å². The van der Waals surface area contributed by atoms with Gasteiger partial charge in [0.05, 0.1) is 0 Å². The highest BCUT2D eigenvalue weighted by Crippen LogP contribution is 2.67. The standard InChI is InChI=1S/C6HF14P/c7-1(3(9,10)11,4(12,13)14)21-2(8,5(15,16)17)6(18,19)20/h21H. The van der Waals surface area contributed by atoms with E-state index in [0.717, 1.165) is 0 Å². The zero-order valence-electron chi connectivity index (χ0n) is 8.79. The minimum atomic E-state index is -7.24. The molecule has 0 saturated carbocycles. The fourth-order valence-corrected chi connectivity index (χ4v) is 1.88. The fraction of sp³-hybridized carbons (Fsp3) is 1.00. The summed E-state index contributed by atoms with van der Waals surface area (Å²) in [6.07, 6.45) is -29.0. The molecule has 0 rings (SSSR count). The molecule has 0 aromatic rings. The zero-order chi connectivity index (χ0) is 17.7. The van der Waals surface area contributed by atoms with Crippen molar-refractivity contribution in [1.29, 1.82) is 0 Å². The summed E-state index contributed by atoms with van der Waals surface area (Å²) in [4.78, 5) is 0. The molecule has 0 bridgehead atoms. The Kier molecular flexibility index (Phi) is 4.85. The van der Waals surface area contributed by atoms with Crippen LogP contribution in [0.3, 0.4) is 0 Å². The Balaban J connectivity index is 6.15. The molecule has 128 valence electrons. The molecule has 0 aliphatic rings. The summed E-state index contributed by atoms with van der Waals surface area (Å²) in [5.74, 6) is 0. The van der Waals surface area contributed by atoms with Crippen molar-refractivity contribution < 1.29 is 61.5 Å². The molecule has 0 spiro atoms. The summed E-state index contributed by atoms with van der Waals surface area (Å²) >= 11 is 0. The molecule has 0 aliphatic carbocycles. The third kappa shape index (κ3) is 3.45. The molecule has 0 saturated heterocycles. The lowest BCUT2D eigenvalue weighted by atomic mass is 10.3. The Morgan fingerprint density at radius 2 is 0.476 bits per heavy atom. The van der Waals surface area contributed by atoms with Crippen LogP contribution in [0, 0.1) is 0 Å². The van der Waals surface area contributed by atoms with Gasteiger partial charge in [-0.15, -0.1) is 0 Å². The Labute approximate surface area is 107 Å². The van der Waals surface area contributed by atoms with Crippen LogP contribution in [0.15, 0.2) is 0 Å². The number of hydrogen-bond acceptors (Lipinski definition) is 0. The first-order valence-corrected chi connectivity index (χ1v) is 5.15. The predicted octanol–water partition coefficient (Wildman–Crippen LogP) is 5.25. The minimum Gasteiger partial charge on any atom is -0.219 e. The highest BCUT2D eigenvalue weighted by molar-refractivity contribution is 7.42. The molecule has 15 heteroatoms. The molecule has 0 amide bonds. The Bertz CT molecular complexity index is 303. The van der Waals surface area contributed by atoms with E-state index < -0.39 is 44.1 Å². The first-order chi connectivity index (χ1) is 8.71. The normalized spacial score (nSPS) is 16.3. The molecule has 0 heterocycles. The van der Waals surface area contributed by atoms with E-state index in [1.165, 1.54) is 0 Å². The lowest BCUT2D eigenvalue weighted by molar-refractivity contribution is -0.321. The van der Waals surface area contributed by atoms with Gasteiger partial charge in [-0.05, 0) is 8.58 Å². The second-order valence-corrected chi connectivity index (χ2v) is 5.06. The highest BCUT2D eigenvalue weighted by Gasteiger charge is 2.83. The second kappa shape index (κ2) is 4.98. The van der Waals surface area contributed by atoms with Crippen LogP contribution < -0.4 is 0 Å². The first-order valence-electron chi connectivity index (χ1n) is 4.15. The van der Waals surface area contributed by atoms with Crippen LogP contribution in [0.4, 0.5) is 61.5 Å². The zero-order valence-corrected chi connectivity index (χ0v) is 9.79. The van der Waals surface area contributed by atoms with E-state index in [0.29, 0.717) is 0 Å². The maximum absolute atomic E-state index is 12.9. The van der Waals surface area contributed by atoms with Gasteiger partial charge in [0, 0.05) is 0 Å². The maximum Gasteiger partial charge on any atom is 0.435 e. The minimum absolute atomic E-state index is 4.91. The van der Waals surface area contributed by atoms with Gasteiger partial charge in [-0.2, -0.15) is 52.7 Å². The molecule has 0 aromatic heterocycles. The Morgan fingerprint density at radius 1 is 0.333 bits per heavy atom. The molecule has 0 atom stereocenters. The van der Waals surface area contributed by atoms with E-state index in [4.69, 9.17) is 0 Å². The van der Waals surface area contributed by atoms with Crippen molar-refractivity contribution in [2.75, 3.05) is 0 Å². The van der Waals surface area contributed by atoms with Crippen LogP contribution in [0.2, 0.25) is 0 Å². The van der Waals surface area contributed by atoms with Crippen molar-refractivity contribution >= 4 is 8.58 Å². The molecule has 0 unspecified atom stereocenters. The quantitative estimate of drug-likeness (QED) is 0.461. The van der Waals surface area contributed by atoms with Crippen LogP contribution >= 0.6 is 8.58 Å². The van der Waals surface area contributed by atoms with Crippen LogP contribution in [0.25, 0.3) is 0 Å². The summed E-state index contributed by atoms with van der Waals surface area (Å²) in [6, 6.07) is 0. The van der Waals surface area contributed by atoms with Crippen molar-refractivity contribution in [2.24, 2.45) is 0 Å². The number of hydrogen-bond donors (Lipinski definition) is 0. The summed E-state index contributed by atoms with van der Waals surface area (Å²) in [7, 11) is -4.91. The first kappa shape index (κ1) is 20.5. The van der Waals surface area contributed by atoms with Crippen LogP contribution in [0.5, 0.6) is 0 Å². The molecular weight excluding hydrogens is 369 g/mol. The summed E-state index contributed by atoms with van der Waals surface area (Å²) < 4.78 is 169. The van der Waals surface area contributed by atoms with Gasteiger partial charge >= 0.3 is 35.5 Å². The fourth-order valence-electron chi connectivity index (χ4n) is 0.842. The number of rotatable bonds is 2. The molecule has 21 heavy (non-hydrogen) atoms. The molecular formula is C6HF14P. The van der Waals surface area contributed by atoms with Gasteiger partial charge in [0.1, 0.15) is 0 Å². The average molecular weight is 370 g/mol. The van der Waals surface area contributed by atoms with Gasteiger partial charge in [-0.25, -0.2) is 8.78 Å². The monoisotopic (exact) mass is 370 g/mol. The van der Waals surface area contributed by atoms with E-state index in [9.17, 15) is 61.5 Å². The van der Waals surface area contributed by atoms with Gasteiger partial charge in [0.25, 0.3) is 0 Å². The smallest absolute Gasteiger partial charge is 0.219 e. The van der Waals surface area contributed by atoms with Crippen molar-refractivity contribution in [3.63, 3.8) is 0 Å².